The number of benzene rings is 2. The molecule has 0 aliphatic carbocycles. The summed E-state index contributed by atoms with van der Waals surface area (Å²) >= 11 is 4.48. The van der Waals surface area contributed by atoms with Gasteiger partial charge in [-0.3, -0.25) is 0 Å². The second-order valence-electron chi connectivity index (χ2n) is 4.32. The molecule has 0 atom stereocenters. The van der Waals surface area contributed by atoms with E-state index in [9.17, 15) is 4.39 Å². The van der Waals surface area contributed by atoms with Crippen molar-refractivity contribution in [3.8, 4) is 11.1 Å². The summed E-state index contributed by atoms with van der Waals surface area (Å²) in [6.07, 6.45) is 2.19. The maximum atomic E-state index is 13.7. The number of nitrogens with zero attached hydrogens (tertiary/aromatic N) is 1. The maximum Gasteiger partial charge on any atom is 0.150 e. The van der Waals surface area contributed by atoms with Crippen LogP contribution in [0.25, 0.3) is 11.1 Å². The Morgan fingerprint density at radius 3 is 2.37 bits per heavy atom. The fourth-order valence-electron chi connectivity index (χ4n) is 1.98. The van der Waals surface area contributed by atoms with Crippen LogP contribution in [0.1, 0.15) is 18.9 Å². The number of hydrogen-bond acceptors (Lipinski definition) is 2. The van der Waals surface area contributed by atoms with Crippen LogP contribution in [0.3, 0.4) is 0 Å². The number of aliphatic imine (C=N–C) groups is 1. The van der Waals surface area contributed by atoms with Crippen molar-refractivity contribution in [1.82, 2.24) is 0 Å². The lowest BCUT2D eigenvalue weighted by Crippen LogP contribution is -1.85. The van der Waals surface area contributed by atoms with E-state index in [-0.39, 0.29) is 11.5 Å². The predicted molar refractivity (Wildman–Crippen MR) is 80.5 cm³/mol. The van der Waals surface area contributed by atoms with Crippen LogP contribution in [0.2, 0.25) is 0 Å². The van der Waals surface area contributed by atoms with E-state index in [2.05, 4.69) is 41.4 Å². The van der Waals surface area contributed by atoms with Crippen LogP contribution >= 0.6 is 12.2 Å². The van der Waals surface area contributed by atoms with E-state index in [1.807, 2.05) is 18.2 Å². The van der Waals surface area contributed by atoms with Gasteiger partial charge in [-0.25, -0.2) is 4.39 Å². The third-order valence-corrected chi connectivity index (χ3v) is 3.03. The maximum absolute atomic E-state index is 13.7. The zero-order valence-corrected chi connectivity index (χ0v) is 11.5. The van der Waals surface area contributed by atoms with E-state index < -0.39 is 0 Å². The van der Waals surface area contributed by atoms with Crippen molar-refractivity contribution in [2.75, 3.05) is 0 Å². The number of halogens is 1. The highest BCUT2D eigenvalue weighted by atomic mass is 32.1. The molecule has 19 heavy (non-hydrogen) atoms. The largest absolute Gasteiger partial charge is 0.205 e. The van der Waals surface area contributed by atoms with Gasteiger partial charge in [-0.2, -0.15) is 4.99 Å². The number of isothiocyanates is 1. The summed E-state index contributed by atoms with van der Waals surface area (Å²) in [6, 6.07) is 13.1. The summed E-state index contributed by atoms with van der Waals surface area (Å²) in [5.41, 5.74) is 3.36. The highest BCUT2D eigenvalue weighted by Gasteiger charge is 2.04. The molecule has 0 fully saturated rings. The van der Waals surface area contributed by atoms with Gasteiger partial charge < -0.3 is 0 Å². The Morgan fingerprint density at radius 2 is 1.79 bits per heavy atom. The Kier molecular flexibility index (Phi) is 4.56. The molecule has 96 valence electrons. The second kappa shape index (κ2) is 6.37. The lowest BCUT2D eigenvalue weighted by molar-refractivity contribution is 0.630. The van der Waals surface area contributed by atoms with Crippen molar-refractivity contribution >= 4 is 23.1 Å². The van der Waals surface area contributed by atoms with Crippen LogP contribution in [0.4, 0.5) is 10.1 Å². The summed E-state index contributed by atoms with van der Waals surface area (Å²) in [4.78, 5) is 3.67. The highest BCUT2D eigenvalue weighted by Crippen LogP contribution is 2.26. The lowest BCUT2D eigenvalue weighted by Gasteiger charge is -2.05. The first-order chi connectivity index (χ1) is 9.24. The molecule has 2 aromatic carbocycles. The molecule has 0 heterocycles. The lowest BCUT2D eigenvalue weighted by atomic mass is 10.0. The van der Waals surface area contributed by atoms with E-state index in [1.54, 1.807) is 6.07 Å². The SMILES string of the molecule is CCCc1ccc(-c2ccc(N=C=S)c(F)c2)cc1. The van der Waals surface area contributed by atoms with Crippen molar-refractivity contribution in [3.05, 3.63) is 53.8 Å². The van der Waals surface area contributed by atoms with Crippen LogP contribution < -0.4 is 0 Å². The van der Waals surface area contributed by atoms with Crippen LogP contribution in [0, 0.1) is 5.82 Å². The molecule has 0 radical (unpaired) electrons. The fraction of sp³-hybridized carbons (Fsp3) is 0.188. The minimum absolute atomic E-state index is 0.223. The number of rotatable bonds is 4. The Labute approximate surface area is 117 Å². The van der Waals surface area contributed by atoms with Crippen molar-refractivity contribution in [3.63, 3.8) is 0 Å². The van der Waals surface area contributed by atoms with Crippen LogP contribution in [-0.4, -0.2) is 5.16 Å². The molecule has 0 spiro atoms. The zero-order valence-electron chi connectivity index (χ0n) is 10.7. The summed E-state index contributed by atoms with van der Waals surface area (Å²) in [5.74, 6) is -0.382. The molecular formula is C16H14FNS. The molecule has 2 rings (SSSR count). The Bertz CT molecular complexity index is 613. The van der Waals surface area contributed by atoms with Crippen LogP contribution in [-0.2, 0) is 6.42 Å². The summed E-state index contributed by atoms with van der Waals surface area (Å²) in [6.45, 7) is 2.15. The molecule has 0 unspecified atom stereocenters. The topological polar surface area (TPSA) is 12.4 Å². The number of aryl methyl sites for hydroxylation is 1. The molecule has 3 heteroatoms. The van der Waals surface area contributed by atoms with Gasteiger partial charge in [0, 0.05) is 0 Å². The third kappa shape index (κ3) is 3.34. The minimum Gasteiger partial charge on any atom is -0.205 e. The molecular weight excluding hydrogens is 257 g/mol. The molecule has 0 N–H and O–H groups in total. The molecule has 0 aromatic heterocycles. The van der Waals surface area contributed by atoms with Crippen molar-refractivity contribution in [2.24, 2.45) is 4.99 Å². The van der Waals surface area contributed by atoms with Crippen molar-refractivity contribution in [2.45, 2.75) is 19.8 Å². The van der Waals surface area contributed by atoms with E-state index in [1.165, 1.54) is 11.6 Å². The van der Waals surface area contributed by atoms with Gasteiger partial charge >= 0.3 is 0 Å². The Hall–Kier alpha value is -1.83. The quantitative estimate of drug-likeness (QED) is 0.551. The van der Waals surface area contributed by atoms with E-state index in [0.717, 1.165) is 24.0 Å². The van der Waals surface area contributed by atoms with Gasteiger partial charge in [0.25, 0.3) is 0 Å². The number of thiocarbonyl (C=S) groups is 1. The molecule has 1 nitrogen and oxygen atoms in total. The van der Waals surface area contributed by atoms with Gasteiger partial charge in [-0.1, -0.05) is 43.7 Å². The van der Waals surface area contributed by atoms with E-state index in [4.69, 9.17) is 0 Å². The van der Waals surface area contributed by atoms with E-state index in [0.29, 0.717) is 0 Å². The van der Waals surface area contributed by atoms with Gasteiger partial charge in [0.15, 0.2) is 0 Å². The highest BCUT2D eigenvalue weighted by molar-refractivity contribution is 7.78. The monoisotopic (exact) mass is 271 g/mol. The normalized spacial score (nSPS) is 10.0. The minimum atomic E-state index is -0.382. The molecule has 0 aliphatic heterocycles. The van der Waals surface area contributed by atoms with Crippen LogP contribution in [0.15, 0.2) is 47.5 Å². The van der Waals surface area contributed by atoms with Crippen LogP contribution in [0.5, 0.6) is 0 Å². The molecule has 0 aliphatic rings. The van der Waals surface area contributed by atoms with Gasteiger partial charge in [-0.15, -0.1) is 0 Å². The summed E-state index contributed by atoms with van der Waals surface area (Å²) < 4.78 is 13.7. The second-order valence-corrected chi connectivity index (χ2v) is 4.50. The first kappa shape index (κ1) is 13.6. The van der Waals surface area contributed by atoms with Gasteiger partial charge in [0.1, 0.15) is 11.5 Å². The average molecular weight is 271 g/mol. The standard InChI is InChI=1S/C16H14FNS/c1-2-3-12-4-6-13(7-5-12)14-8-9-16(18-11-19)15(17)10-14/h4-10H,2-3H2,1H3. The molecule has 0 amide bonds. The fourth-order valence-corrected chi connectivity index (χ4v) is 2.08. The van der Waals surface area contributed by atoms with Crippen molar-refractivity contribution in [1.29, 1.82) is 0 Å². The summed E-state index contributed by atoms with van der Waals surface area (Å²) in [5, 5.41) is 2.17. The molecule has 0 saturated heterocycles. The molecule has 0 bridgehead atoms. The molecule has 0 saturated carbocycles. The smallest absolute Gasteiger partial charge is 0.150 e. The Morgan fingerprint density at radius 1 is 1.11 bits per heavy atom. The van der Waals surface area contributed by atoms with E-state index >= 15 is 0 Å². The van der Waals surface area contributed by atoms with Gasteiger partial charge in [0.05, 0.1) is 5.16 Å². The van der Waals surface area contributed by atoms with Gasteiger partial charge in [0.2, 0.25) is 0 Å². The average Bonchev–Trinajstić information content (AvgIpc) is 2.43. The van der Waals surface area contributed by atoms with Crippen molar-refractivity contribution < 1.29 is 4.39 Å². The van der Waals surface area contributed by atoms with Gasteiger partial charge in [-0.05, 0) is 47.5 Å². The molecule has 2 aromatic rings. The zero-order chi connectivity index (χ0) is 13.7. The predicted octanol–water partition coefficient (Wildman–Crippen LogP) is 5.18. The summed E-state index contributed by atoms with van der Waals surface area (Å²) in [7, 11) is 0. The number of hydrogen-bond donors (Lipinski definition) is 0. The first-order valence-electron chi connectivity index (χ1n) is 6.21. The first-order valence-corrected chi connectivity index (χ1v) is 6.62. The third-order valence-electron chi connectivity index (χ3n) is 2.94. The Balaban J connectivity index is 2.31.